The van der Waals surface area contributed by atoms with Crippen LogP contribution in [0, 0.1) is 24.0 Å². The van der Waals surface area contributed by atoms with Gasteiger partial charge in [-0.2, -0.15) is 10.1 Å². The topological polar surface area (TPSA) is 126 Å². The highest BCUT2D eigenvalue weighted by atomic mass is 16.6. The molecule has 0 amide bonds. The highest BCUT2D eigenvalue weighted by Crippen LogP contribution is 2.25. The Hall–Kier alpha value is -3.23. The average Bonchev–Trinajstić information content (AvgIpc) is 3.10. The molecule has 0 saturated carbocycles. The van der Waals surface area contributed by atoms with Gasteiger partial charge >= 0.3 is 5.69 Å². The lowest BCUT2D eigenvalue weighted by Gasteiger charge is -2.03. The number of anilines is 1. The molecule has 0 fully saturated rings. The zero-order valence-corrected chi connectivity index (χ0v) is 12.6. The van der Waals surface area contributed by atoms with E-state index in [4.69, 9.17) is 10.3 Å². The Morgan fingerprint density at radius 1 is 1.39 bits per heavy atom. The molecule has 0 aliphatic heterocycles. The van der Waals surface area contributed by atoms with Crippen LogP contribution in [0.1, 0.15) is 17.1 Å². The van der Waals surface area contributed by atoms with E-state index in [9.17, 15) is 10.1 Å². The number of nitrogen functional groups attached to an aromatic ring is 1. The van der Waals surface area contributed by atoms with Gasteiger partial charge in [-0.3, -0.25) is 14.8 Å². The molecule has 0 aliphatic carbocycles. The summed E-state index contributed by atoms with van der Waals surface area (Å²) < 4.78 is 6.66. The van der Waals surface area contributed by atoms with Crippen LogP contribution in [-0.4, -0.2) is 24.8 Å². The molecule has 0 spiro atoms. The summed E-state index contributed by atoms with van der Waals surface area (Å²) in [6, 6.07) is 5.46. The molecule has 3 aromatic rings. The molecule has 9 heteroatoms. The molecule has 0 aliphatic rings. The van der Waals surface area contributed by atoms with Gasteiger partial charge in [0.15, 0.2) is 0 Å². The van der Waals surface area contributed by atoms with Crippen LogP contribution in [0.2, 0.25) is 0 Å². The zero-order chi connectivity index (χ0) is 16.6. The third-order valence-corrected chi connectivity index (χ3v) is 3.64. The summed E-state index contributed by atoms with van der Waals surface area (Å²) in [5.74, 6) is 0.729. The smallest absolute Gasteiger partial charge is 0.309 e. The van der Waals surface area contributed by atoms with Gasteiger partial charge in [-0.1, -0.05) is 17.3 Å². The highest BCUT2D eigenvalue weighted by molar-refractivity contribution is 5.67. The maximum Gasteiger partial charge on any atom is 0.309 e. The van der Waals surface area contributed by atoms with Crippen molar-refractivity contribution in [2.45, 2.75) is 20.4 Å². The fourth-order valence-corrected chi connectivity index (χ4v) is 2.23. The van der Waals surface area contributed by atoms with E-state index in [2.05, 4.69) is 15.2 Å². The molecule has 3 rings (SSSR count). The van der Waals surface area contributed by atoms with Crippen LogP contribution < -0.4 is 5.73 Å². The summed E-state index contributed by atoms with van der Waals surface area (Å²) in [7, 11) is 0. The van der Waals surface area contributed by atoms with E-state index in [0.29, 0.717) is 23.1 Å². The van der Waals surface area contributed by atoms with Crippen LogP contribution in [0.15, 0.2) is 28.9 Å². The largest absolute Gasteiger partial charge is 0.398 e. The maximum absolute atomic E-state index is 10.8. The molecule has 0 atom stereocenters. The van der Waals surface area contributed by atoms with Gasteiger partial charge in [0.05, 0.1) is 4.92 Å². The third kappa shape index (κ3) is 2.63. The fraction of sp³-hybridized carbons (Fsp3) is 0.214. The average molecular weight is 314 g/mol. The van der Waals surface area contributed by atoms with Gasteiger partial charge in [0.1, 0.15) is 18.4 Å². The Morgan fingerprint density at radius 3 is 2.87 bits per heavy atom. The summed E-state index contributed by atoms with van der Waals surface area (Å²) >= 11 is 0. The minimum Gasteiger partial charge on any atom is -0.398 e. The van der Waals surface area contributed by atoms with E-state index in [1.807, 2.05) is 19.1 Å². The van der Waals surface area contributed by atoms with E-state index in [1.54, 1.807) is 13.0 Å². The second-order valence-electron chi connectivity index (χ2n) is 5.06. The summed E-state index contributed by atoms with van der Waals surface area (Å²) in [4.78, 5) is 14.7. The predicted molar refractivity (Wildman–Crippen MR) is 81.6 cm³/mol. The molecule has 2 N–H and O–H groups in total. The fourth-order valence-electron chi connectivity index (χ4n) is 2.23. The van der Waals surface area contributed by atoms with Gasteiger partial charge in [0, 0.05) is 11.3 Å². The van der Waals surface area contributed by atoms with Crippen molar-refractivity contribution in [2.24, 2.45) is 0 Å². The first-order valence-electron chi connectivity index (χ1n) is 6.82. The summed E-state index contributed by atoms with van der Waals surface area (Å²) in [6.45, 7) is 3.65. The number of hydrogen-bond acceptors (Lipinski definition) is 7. The number of nitrogens with zero attached hydrogens (tertiary/aromatic N) is 5. The Bertz CT molecular complexity index is 883. The SMILES string of the molecule is Cc1c(N)cccc1-c1noc(Cn2ncc([N+](=O)[O-])c2C)n1. The molecule has 2 aromatic heterocycles. The third-order valence-electron chi connectivity index (χ3n) is 3.64. The lowest BCUT2D eigenvalue weighted by Crippen LogP contribution is -2.04. The van der Waals surface area contributed by atoms with Crippen molar-refractivity contribution in [1.29, 1.82) is 0 Å². The molecular weight excluding hydrogens is 300 g/mol. The van der Waals surface area contributed by atoms with E-state index in [-0.39, 0.29) is 12.2 Å². The minimum atomic E-state index is -0.478. The Kier molecular flexibility index (Phi) is 3.53. The second-order valence-corrected chi connectivity index (χ2v) is 5.06. The molecule has 9 nitrogen and oxygen atoms in total. The first-order valence-corrected chi connectivity index (χ1v) is 6.82. The van der Waals surface area contributed by atoms with Crippen LogP contribution in [0.3, 0.4) is 0 Å². The maximum atomic E-state index is 10.8. The summed E-state index contributed by atoms with van der Waals surface area (Å²) in [6.07, 6.45) is 1.20. The second kappa shape index (κ2) is 5.52. The molecule has 0 radical (unpaired) electrons. The molecule has 118 valence electrons. The monoisotopic (exact) mass is 314 g/mol. The van der Waals surface area contributed by atoms with E-state index >= 15 is 0 Å². The molecule has 23 heavy (non-hydrogen) atoms. The lowest BCUT2D eigenvalue weighted by atomic mass is 10.1. The number of benzene rings is 1. The molecule has 0 bridgehead atoms. The molecule has 1 aromatic carbocycles. The van der Waals surface area contributed by atoms with E-state index in [1.165, 1.54) is 10.9 Å². The van der Waals surface area contributed by atoms with Crippen molar-refractivity contribution in [3.63, 3.8) is 0 Å². The molecule has 0 saturated heterocycles. The number of rotatable bonds is 4. The summed E-state index contributed by atoms with van der Waals surface area (Å²) in [5.41, 5.74) is 8.55. The van der Waals surface area contributed by atoms with Crippen LogP contribution in [0.4, 0.5) is 11.4 Å². The molecular formula is C14H14N6O3. The number of nitrogens with two attached hydrogens (primary N) is 1. The van der Waals surface area contributed by atoms with Crippen LogP contribution in [-0.2, 0) is 6.54 Å². The van der Waals surface area contributed by atoms with Crippen molar-refractivity contribution >= 4 is 11.4 Å². The summed E-state index contributed by atoms with van der Waals surface area (Å²) in [5, 5.41) is 18.7. The van der Waals surface area contributed by atoms with Gasteiger partial charge in [0.2, 0.25) is 11.7 Å². The molecule has 0 unspecified atom stereocenters. The Balaban J connectivity index is 1.88. The normalized spacial score (nSPS) is 10.9. The highest BCUT2D eigenvalue weighted by Gasteiger charge is 2.18. The lowest BCUT2D eigenvalue weighted by molar-refractivity contribution is -0.385. The number of aromatic nitrogens is 4. The zero-order valence-electron chi connectivity index (χ0n) is 12.6. The van der Waals surface area contributed by atoms with Crippen LogP contribution in [0.5, 0.6) is 0 Å². The van der Waals surface area contributed by atoms with E-state index in [0.717, 1.165) is 11.1 Å². The quantitative estimate of drug-likeness (QED) is 0.444. The standard InChI is InChI=1S/C14H14N6O3/c1-8-10(4-3-5-11(8)15)14-17-13(23-18-14)7-19-9(2)12(6-16-19)20(21)22/h3-6H,7,15H2,1-2H3. The van der Waals surface area contributed by atoms with Gasteiger partial charge in [-0.25, -0.2) is 0 Å². The van der Waals surface area contributed by atoms with Crippen molar-refractivity contribution in [2.75, 3.05) is 5.73 Å². The number of nitro groups is 1. The minimum absolute atomic E-state index is 0.0450. The van der Waals surface area contributed by atoms with Crippen molar-refractivity contribution in [3.05, 3.63) is 51.7 Å². The van der Waals surface area contributed by atoms with Gasteiger partial charge in [0.25, 0.3) is 0 Å². The predicted octanol–water partition coefficient (Wildman–Crippen LogP) is 2.09. The number of hydrogen-bond donors (Lipinski definition) is 1. The first kappa shape index (κ1) is 14.7. The van der Waals surface area contributed by atoms with Gasteiger partial charge in [-0.05, 0) is 25.5 Å². The van der Waals surface area contributed by atoms with Gasteiger partial charge in [-0.15, -0.1) is 0 Å². The molecule has 2 heterocycles. The Labute approximate surface area is 130 Å². The van der Waals surface area contributed by atoms with Crippen molar-refractivity contribution < 1.29 is 9.45 Å². The Morgan fingerprint density at radius 2 is 2.17 bits per heavy atom. The first-order chi connectivity index (χ1) is 11.0. The van der Waals surface area contributed by atoms with Crippen LogP contribution in [0.25, 0.3) is 11.4 Å². The van der Waals surface area contributed by atoms with Crippen molar-refractivity contribution in [1.82, 2.24) is 19.9 Å². The van der Waals surface area contributed by atoms with Crippen molar-refractivity contribution in [3.8, 4) is 11.4 Å². The van der Waals surface area contributed by atoms with Crippen LogP contribution >= 0.6 is 0 Å². The van der Waals surface area contributed by atoms with E-state index < -0.39 is 4.92 Å². The van der Waals surface area contributed by atoms with Gasteiger partial charge < -0.3 is 10.3 Å².